The van der Waals surface area contributed by atoms with E-state index in [-0.39, 0.29) is 36.4 Å². The first kappa shape index (κ1) is 27.4. The molecule has 35 heavy (non-hydrogen) atoms. The molecule has 2 unspecified atom stereocenters. The van der Waals surface area contributed by atoms with Gasteiger partial charge in [0.15, 0.2) is 0 Å². The Balaban J connectivity index is 2.05. The second-order valence-corrected chi connectivity index (χ2v) is 10.6. The molecule has 0 aliphatic carbocycles. The molecular formula is C27H43N3O5. The van der Waals surface area contributed by atoms with Crippen molar-refractivity contribution in [1.82, 2.24) is 14.7 Å². The third kappa shape index (κ3) is 4.67. The van der Waals surface area contributed by atoms with Crippen LogP contribution >= 0.6 is 0 Å². The van der Waals surface area contributed by atoms with Gasteiger partial charge in [0.05, 0.1) is 30.6 Å². The van der Waals surface area contributed by atoms with Crippen molar-refractivity contribution >= 4 is 17.7 Å². The van der Waals surface area contributed by atoms with Crippen molar-refractivity contribution in [2.75, 3.05) is 33.3 Å². The molecule has 0 aromatic carbocycles. The summed E-state index contributed by atoms with van der Waals surface area (Å²) in [6.07, 6.45) is 7.03. The topological polar surface area (TPSA) is 90.4 Å². The van der Waals surface area contributed by atoms with E-state index in [1.54, 1.807) is 33.9 Å². The van der Waals surface area contributed by atoms with E-state index in [1.165, 1.54) is 0 Å². The Labute approximate surface area is 210 Å². The number of hydrogen-bond donors (Lipinski definition) is 1. The molecule has 2 bridgehead atoms. The Kier molecular flexibility index (Phi) is 8.81. The SMILES string of the molecule is C=CCN(C)C(=O)[C@@H]1[C@H]2C(=O)N([C@@H](CO)C(C)C)C(C(=O)N(CC=C)CCCCC)C23CC[C@H]1O3. The summed E-state index contributed by atoms with van der Waals surface area (Å²) in [5.41, 5.74) is -1.05. The van der Waals surface area contributed by atoms with Crippen LogP contribution in [0.3, 0.4) is 0 Å². The fourth-order valence-corrected chi connectivity index (χ4v) is 6.34. The van der Waals surface area contributed by atoms with Crippen LogP contribution in [-0.4, -0.2) is 94.6 Å². The summed E-state index contributed by atoms with van der Waals surface area (Å²) in [5, 5.41) is 10.3. The van der Waals surface area contributed by atoms with Crippen LogP contribution in [0.4, 0.5) is 0 Å². The number of likely N-dealkylation sites (N-methyl/N-ethyl adjacent to an activating group) is 1. The minimum atomic E-state index is -1.05. The molecule has 3 aliphatic rings. The minimum absolute atomic E-state index is 0.0720. The van der Waals surface area contributed by atoms with E-state index < -0.39 is 29.5 Å². The predicted octanol–water partition coefficient (Wildman–Crippen LogP) is 2.23. The van der Waals surface area contributed by atoms with Crippen molar-refractivity contribution in [2.24, 2.45) is 17.8 Å². The van der Waals surface area contributed by atoms with Gasteiger partial charge in [0, 0.05) is 26.7 Å². The maximum absolute atomic E-state index is 14.2. The lowest BCUT2D eigenvalue weighted by molar-refractivity contribution is -0.152. The monoisotopic (exact) mass is 489 g/mol. The Hall–Kier alpha value is -2.19. The molecule has 3 aliphatic heterocycles. The Morgan fingerprint density at radius 1 is 1.23 bits per heavy atom. The molecule has 1 spiro atoms. The van der Waals surface area contributed by atoms with Gasteiger partial charge in [-0.05, 0) is 25.2 Å². The van der Waals surface area contributed by atoms with E-state index in [0.717, 1.165) is 19.3 Å². The third-order valence-electron chi connectivity index (χ3n) is 8.04. The average molecular weight is 490 g/mol. The van der Waals surface area contributed by atoms with Crippen LogP contribution in [0.15, 0.2) is 25.3 Å². The number of unbranched alkanes of at least 4 members (excludes halogenated alkanes) is 2. The van der Waals surface area contributed by atoms with Crippen molar-refractivity contribution < 1.29 is 24.2 Å². The van der Waals surface area contributed by atoms with Crippen LogP contribution in [0.2, 0.25) is 0 Å². The van der Waals surface area contributed by atoms with Crippen LogP contribution in [0, 0.1) is 17.8 Å². The number of carbonyl (C=O) groups excluding carboxylic acids is 3. The number of hydrogen-bond acceptors (Lipinski definition) is 5. The van der Waals surface area contributed by atoms with Crippen molar-refractivity contribution in [3.05, 3.63) is 25.3 Å². The molecule has 0 saturated carbocycles. The number of likely N-dealkylation sites (tertiary alicyclic amines) is 1. The molecule has 8 nitrogen and oxygen atoms in total. The lowest BCUT2D eigenvalue weighted by atomic mass is 9.70. The fourth-order valence-electron chi connectivity index (χ4n) is 6.34. The van der Waals surface area contributed by atoms with Gasteiger partial charge >= 0.3 is 0 Å². The molecule has 3 heterocycles. The van der Waals surface area contributed by atoms with Crippen molar-refractivity contribution in [3.63, 3.8) is 0 Å². The fraction of sp³-hybridized carbons (Fsp3) is 0.741. The zero-order valence-electron chi connectivity index (χ0n) is 21.8. The molecule has 3 rings (SSSR count). The molecule has 1 N–H and O–H groups in total. The lowest BCUT2D eigenvalue weighted by Crippen LogP contribution is -2.59. The summed E-state index contributed by atoms with van der Waals surface area (Å²) in [7, 11) is 1.70. The summed E-state index contributed by atoms with van der Waals surface area (Å²) in [6.45, 7) is 14.6. The molecule has 6 atom stereocenters. The van der Waals surface area contributed by atoms with E-state index in [2.05, 4.69) is 20.1 Å². The molecule has 0 aromatic rings. The predicted molar refractivity (Wildman–Crippen MR) is 134 cm³/mol. The quantitative estimate of drug-likeness (QED) is 0.317. The van der Waals surface area contributed by atoms with Crippen LogP contribution in [0.5, 0.6) is 0 Å². The number of nitrogens with zero attached hydrogens (tertiary/aromatic N) is 3. The smallest absolute Gasteiger partial charge is 0.248 e. The number of fused-ring (bicyclic) bond motifs is 1. The van der Waals surface area contributed by atoms with Gasteiger partial charge in [-0.25, -0.2) is 0 Å². The molecule has 3 fully saturated rings. The Morgan fingerprint density at radius 2 is 1.91 bits per heavy atom. The number of rotatable bonds is 13. The van der Waals surface area contributed by atoms with Gasteiger partial charge in [0.2, 0.25) is 17.7 Å². The summed E-state index contributed by atoms with van der Waals surface area (Å²) < 4.78 is 6.52. The second kappa shape index (κ2) is 11.2. The zero-order chi connectivity index (χ0) is 25.9. The largest absolute Gasteiger partial charge is 0.394 e. The van der Waals surface area contributed by atoms with Gasteiger partial charge in [-0.1, -0.05) is 45.8 Å². The van der Waals surface area contributed by atoms with Gasteiger partial charge in [-0.15, -0.1) is 13.2 Å². The van der Waals surface area contributed by atoms with Crippen LogP contribution in [0.1, 0.15) is 52.9 Å². The molecule has 3 amide bonds. The van der Waals surface area contributed by atoms with Crippen molar-refractivity contribution in [2.45, 2.75) is 76.7 Å². The summed E-state index contributed by atoms with van der Waals surface area (Å²) in [5.74, 6) is -2.03. The number of ether oxygens (including phenoxy) is 1. The van der Waals surface area contributed by atoms with Crippen LogP contribution < -0.4 is 0 Å². The van der Waals surface area contributed by atoms with E-state index in [4.69, 9.17) is 4.74 Å². The Bertz CT molecular complexity index is 830. The number of carbonyl (C=O) groups is 3. The first-order valence-electron chi connectivity index (χ1n) is 13.1. The van der Waals surface area contributed by atoms with E-state index in [1.807, 2.05) is 13.8 Å². The number of aliphatic hydroxyl groups is 1. The van der Waals surface area contributed by atoms with Gasteiger partial charge < -0.3 is 24.5 Å². The molecule has 0 aromatic heterocycles. The average Bonchev–Trinajstić information content (AvgIpc) is 3.46. The molecule has 3 saturated heterocycles. The van der Waals surface area contributed by atoms with E-state index >= 15 is 0 Å². The summed E-state index contributed by atoms with van der Waals surface area (Å²) in [4.78, 5) is 46.6. The highest BCUT2D eigenvalue weighted by Crippen LogP contribution is 2.59. The maximum atomic E-state index is 14.2. The Morgan fingerprint density at radius 3 is 2.49 bits per heavy atom. The van der Waals surface area contributed by atoms with Gasteiger partial charge in [0.1, 0.15) is 11.6 Å². The first-order chi connectivity index (χ1) is 16.7. The minimum Gasteiger partial charge on any atom is -0.394 e. The van der Waals surface area contributed by atoms with Crippen molar-refractivity contribution in [1.29, 1.82) is 0 Å². The third-order valence-corrected chi connectivity index (χ3v) is 8.04. The van der Waals surface area contributed by atoms with Gasteiger partial charge in [0.25, 0.3) is 0 Å². The summed E-state index contributed by atoms with van der Waals surface area (Å²) in [6, 6.07) is -1.41. The van der Waals surface area contributed by atoms with E-state index in [9.17, 15) is 19.5 Å². The lowest BCUT2D eigenvalue weighted by Gasteiger charge is -2.40. The number of amides is 3. The molecule has 0 radical (unpaired) electrons. The number of aliphatic hydroxyl groups excluding tert-OH is 1. The normalized spacial score (nSPS) is 29.9. The van der Waals surface area contributed by atoms with E-state index in [0.29, 0.717) is 32.5 Å². The van der Waals surface area contributed by atoms with Gasteiger partial charge in [-0.2, -0.15) is 0 Å². The highest BCUT2D eigenvalue weighted by atomic mass is 16.5. The molecular weight excluding hydrogens is 446 g/mol. The zero-order valence-corrected chi connectivity index (χ0v) is 21.8. The first-order valence-corrected chi connectivity index (χ1v) is 13.1. The van der Waals surface area contributed by atoms with Gasteiger partial charge in [-0.3, -0.25) is 14.4 Å². The van der Waals surface area contributed by atoms with Crippen LogP contribution in [0.25, 0.3) is 0 Å². The van der Waals surface area contributed by atoms with Crippen LogP contribution in [-0.2, 0) is 19.1 Å². The molecule has 8 heteroatoms. The standard InChI is InChI=1S/C27H43N3O5/c1-7-10-11-16-29(15-9-3)26(34)23-27-13-12-20(35-27)21(24(32)28(6)14-8-2)22(27)25(33)30(23)19(17-31)18(4)5/h8-9,18-23,31H,2-3,7,10-17H2,1,4-6H3/t19-,20+,21-,22-,23?,27?/m0/s1. The highest BCUT2D eigenvalue weighted by molar-refractivity contribution is 5.99. The van der Waals surface area contributed by atoms with Crippen molar-refractivity contribution in [3.8, 4) is 0 Å². The molecule has 196 valence electrons. The summed E-state index contributed by atoms with van der Waals surface area (Å²) >= 11 is 0. The maximum Gasteiger partial charge on any atom is 0.248 e. The second-order valence-electron chi connectivity index (χ2n) is 10.6. The highest BCUT2D eigenvalue weighted by Gasteiger charge is 2.75.